The Morgan fingerprint density at radius 1 is 1.03 bits per heavy atom. The van der Waals surface area contributed by atoms with E-state index in [0.717, 1.165) is 12.1 Å². The van der Waals surface area contributed by atoms with Crippen LogP contribution in [-0.4, -0.2) is 42.9 Å². The fourth-order valence-corrected chi connectivity index (χ4v) is 3.99. The van der Waals surface area contributed by atoms with Crippen molar-refractivity contribution in [3.05, 3.63) is 59.7 Å². The maximum Gasteiger partial charge on any atom is 0.416 e. The molecule has 0 bridgehead atoms. The van der Waals surface area contributed by atoms with Crippen LogP contribution in [0, 0.1) is 11.3 Å². The van der Waals surface area contributed by atoms with Crippen molar-refractivity contribution in [2.75, 3.05) is 19.8 Å². The third kappa shape index (κ3) is 7.46. The van der Waals surface area contributed by atoms with Gasteiger partial charge in [-0.15, -0.1) is 0 Å². The van der Waals surface area contributed by atoms with Gasteiger partial charge in [-0.2, -0.15) is 18.4 Å². The molecule has 7 nitrogen and oxygen atoms in total. The van der Waals surface area contributed by atoms with Gasteiger partial charge in [0.15, 0.2) is 0 Å². The van der Waals surface area contributed by atoms with Crippen molar-refractivity contribution in [2.24, 2.45) is 0 Å². The number of ether oxygens (including phenoxy) is 2. The van der Waals surface area contributed by atoms with Crippen LogP contribution in [0.15, 0.2) is 48.5 Å². The zero-order valence-electron chi connectivity index (χ0n) is 20.9. The summed E-state index contributed by atoms with van der Waals surface area (Å²) < 4.78 is 49.1. The van der Waals surface area contributed by atoms with Gasteiger partial charge in [-0.05, 0) is 49.6 Å². The first-order valence-electron chi connectivity index (χ1n) is 11.9. The van der Waals surface area contributed by atoms with Crippen molar-refractivity contribution in [3.8, 4) is 17.2 Å². The molecule has 37 heavy (non-hydrogen) atoms. The topological polar surface area (TPSA) is 100 Å². The lowest BCUT2D eigenvalue weighted by Gasteiger charge is -2.37. The lowest BCUT2D eigenvalue weighted by atomic mass is 9.88. The molecule has 10 heteroatoms. The molecule has 0 aliphatic carbocycles. The van der Waals surface area contributed by atoms with Crippen molar-refractivity contribution in [3.63, 3.8) is 0 Å². The van der Waals surface area contributed by atoms with E-state index in [-0.39, 0.29) is 32.6 Å². The van der Waals surface area contributed by atoms with Crippen LogP contribution in [0.2, 0.25) is 0 Å². The number of amides is 2. The number of hydrogen-bond donors (Lipinski definition) is 2. The number of halogens is 3. The molecule has 1 aliphatic rings. The summed E-state index contributed by atoms with van der Waals surface area (Å²) in [5.41, 5.74) is -0.730. The van der Waals surface area contributed by atoms with E-state index in [2.05, 4.69) is 16.7 Å². The lowest BCUT2D eigenvalue weighted by molar-refractivity contribution is -0.137. The van der Waals surface area contributed by atoms with E-state index in [1.807, 2.05) is 0 Å². The molecular weight excluding hydrogens is 487 g/mol. The average molecular weight is 518 g/mol. The van der Waals surface area contributed by atoms with Crippen molar-refractivity contribution < 1.29 is 32.2 Å². The van der Waals surface area contributed by atoms with Crippen molar-refractivity contribution >= 4 is 12.0 Å². The molecule has 0 spiro atoms. The third-order valence-corrected chi connectivity index (χ3v) is 6.00. The number of carbonyl (C=O) groups is 2. The molecule has 2 aromatic carbocycles. The molecule has 0 aromatic heterocycles. The third-order valence-electron chi connectivity index (χ3n) is 6.00. The summed E-state index contributed by atoms with van der Waals surface area (Å²) in [4.78, 5) is 25.6. The van der Waals surface area contributed by atoms with Gasteiger partial charge in [0.25, 0.3) is 0 Å². The Bertz CT molecular complexity index is 1130. The lowest BCUT2D eigenvalue weighted by Crippen LogP contribution is -2.62. The molecule has 0 radical (unpaired) electrons. The first-order valence-corrected chi connectivity index (χ1v) is 11.9. The average Bonchev–Trinajstić information content (AvgIpc) is 2.83. The summed E-state index contributed by atoms with van der Waals surface area (Å²) in [7, 11) is 0. The number of carbonyl (C=O) groups excluding carboxylic acids is 2. The van der Waals surface area contributed by atoms with Gasteiger partial charge < -0.3 is 20.1 Å². The van der Waals surface area contributed by atoms with Gasteiger partial charge in [0.05, 0.1) is 17.6 Å². The minimum atomic E-state index is -4.40. The van der Waals surface area contributed by atoms with E-state index in [1.165, 1.54) is 12.1 Å². The number of hydrogen-bond acceptors (Lipinski definition) is 5. The van der Waals surface area contributed by atoms with Crippen LogP contribution in [0.25, 0.3) is 11.1 Å². The molecule has 1 atom stereocenters. The normalized spacial score (nSPS) is 16.2. The minimum Gasteiger partial charge on any atom is -0.444 e. The highest BCUT2D eigenvalue weighted by Crippen LogP contribution is 2.31. The molecule has 1 fully saturated rings. The first kappa shape index (κ1) is 28.0. The Morgan fingerprint density at radius 2 is 1.57 bits per heavy atom. The molecule has 1 saturated heterocycles. The van der Waals surface area contributed by atoms with E-state index in [1.54, 1.807) is 45.0 Å². The SMILES string of the molecule is CC(C)(C)OC(=O)NC1(C(=O)NCC(C#N)c2ccc(-c3ccc(C(F)(F)F)cc3)cc2)CCOCC1. The van der Waals surface area contributed by atoms with Crippen LogP contribution in [0.1, 0.15) is 50.7 Å². The zero-order chi connectivity index (χ0) is 27.3. The van der Waals surface area contributed by atoms with Gasteiger partial charge in [0, 0.05) is 32.6 Å². The highest BCUT2D eigenvalue weighted by Gasteiger charge is 2.42. The molecule has 0 saturated carbocycles. The monoisotopic (exact) mass is 517 g/mol. The standard InChI is InChI=1S/C27H30F3N3O4/c1-25(2,3)37-24(35)33-26(12-14-36-15-13-26)23(34)32-17-21(16-31)20-6-4-18(5-7-20)19-8-10-22(11-9-19)27(28,29)30/h4-11,21H,12-15,17H2,1-3H3,(H,32,34)(H,33,35). The molecule has 1 unspecified atom stereocenters. The van der Waals surface area contributed by atoms with E-state index in [0.29, 0.717) is 16.7 Å². The van der Waals surface area contributed by atoms with Crippen LogP contribution in [0.3, 0.4) is 0 Å². The van der Waals surface area contributed by atoms with Gasteiger partial charge in [0.1, 0.15) is 11.1 Å². The number of nitrogens with one attached hydrogen (secondary N) is 2. The Morgan fingerprint density at radius 3 is 2.05 bits per heavy atom. The molecular formula is C27H30F3N3O4. The zero-order valence-corrected chi connectivity index (χ0v) is 20.9. The van der Waals surface area contributed by atoms with Crippen LogP contribution < -0.4 is 10.6 Å². The highest BCUT2D eigenvalue weighted by atomic mass is 19.4. The highest BCUT2D eigenvalue weighted by molar-refractivity contribution is 5.90. The molecule has 1 heterocycles. The second-order valence-corrected chi connectivity index (χ2v) is 9.91. The van der Waals surface area contributed by atoms with Gasteiger partial charge >= 0.3 is 12.3 Å². The quantitative estimate of drug-likeness (QED) is 0.551. The molecule has 198 valence electrons. The predicted octanol–water partition coefficient (Wildman–Crippen LogP) is 5.17. The Labute approximate surface area is 213 Å². The Hall–Kier alpha value is -3.58. The molecule has 2 aromatic rings. The maximum atomic E-state index is 13.2. The van der Waals surface area contributed by atoms with Gasteiger partial charge in [-0.25, -0.2) is 4.79 Å². The largest absolute Gasteiger partial charge is 0.444 e. The Kier molecular flexibility index (Phi) is 8.49. The smallest absolute Gasteiger partial charge is 0.416 e. The van der Waals surface area contributed by atoms with E-state index in [9.17, 15) is 28.0 Å². The molecule has 3 rings (SSSR count). The summed E-state index contributed by atoms with van der Waals surface area (Å²) in [6, 6.07) is 13.8. The summed E-state index contributed by atoms with van der Waals surface area (Å²) in [5, 5.41) is 15.2. The van der Waals surface area contributed by atoms with Crippen LogP contribution in [0.5, 0.6) is 0 Å². The molecule has 2 N–H and O–H groups in total. The Balaban J connectivity index is 1.67. The van der Waals surface area contributed by atoms with Crippen LogP contribution in [0.4, 0.5) is 18.0 Å². The van der Waals surface area contributed by atoms with Gasteiger partial charge in [-0.1, -0.05) is 36.4 Å². The number of nitrogens with zero attached hydrogens (tertiary/aromatic N) is 1. The van der Waals surface area contributed by atoms with Crippen molar-refractivity contribution in [1.82, 2.24) is 10.6 Å². The summed E-state index contributed by atoms with van der Waals surface area (Å²) in [5.74, 6) is -1.10. The van der Waals surface area contributed by atoms with Gasteiger partial charge in [-0.3, -0.25) is 4.79 Å². The fraction of sp³-hybridized carbons (Fsp3) is 0.444. The summed E-state index contributed by atoms with van der Waals surface area (Å²) in [6.45, 7) is 5.76. The van der Waals surface area contributed by atoms with Crippen LogP contribution in [-0.2, 0) is 20.4 Å². The first-order chi connectivity index (χ1) is 17.3. The minimum absolute atomic E-state index is 0.00751. The fourth-order valence-electron chi connectivity index (χ4n) is 3.99. The second kappa shape index (κ2) is 11.2. The van der Waals surface area contributed by atoms with E-state index in [4.69, 9.17) is 9.47 Å². The maximum absolute atomic E-state index is 13.2. The predicted molar refractivity (Wildman–Crippen MR) is 130 cm³/mol. The van der Waals surface area contributed by atoms with Gasteiger partial charge in [0.2, 0.25) is 5.91 Å². The molecule has 2 amide bonds. The summed E-state index contributed by atoms with van der Waals surface area (Å²) in [6.07, 6.45) is -4.59. The van der Waals surface area contributed by atoms with Crippen LogP contribution >= 0.6 is 0 Å². The summed E-state index contributed by atoms with van der Waals surface area (Å²) >= 11 is 0. The number of benzene rings is 2. The molecule has 1 aliphatic heterocycles. The number of nitriles is 1. The second-order valence-electron chi connectivity index (χ2n) is 9.91. The number of alkyl halides is 3. The van der Waals surface area contributed by atoms with E-state index >= 15 is 0 Å². The van der Waals surface area contributed by atoms with E-state index < -0.39 is 40.8 Å². The van der Waals surface area contributed by atoms with Crippen molar-refractivity contribution in [2.45, 2.75) is 56.8 Å². The number of rotatable bonds is 6. The van der Waals surface area contributed by atoms with Crippen molar-refractivity contribution in [1.29, 1.82) is 5.26 Å². The number of alkyl carbamates (subject to hydrolysis) is 1.